The van der Waals surface area contributed by atoms with Crippen LogP contribution < -0.4 is 14.8 Å². The predicted molar refractivity (Wildman–Crippen MR) is 133 cm³/mol. The summed E-state index contributed by atoms with van der Waals surface area (Å²) >= 11 is 0. The molecule has 0 saturated carbocycles. The number of carbonyl (C=O) groups is 3. The van der Waals surface area contributed by atoms with Gasteiger partial charge in [0.2, 0.25) is 5.91 Å². The Balaban J connectivity index is 1.72. The van der Waals surface area contributed by atoms with Crippen LogP contribution in [0.2, 0.25) is 0 Å². The van der Waals surface area contributed by atoms with Crippen molar-refractivity contribution >= 4 is 23.4 Å². The lowest BCUT2D eigenvalue weighted by atomic mass is 9.87. The number of hydrogen-bond acceptors (Lipinski definition) is 5. The maximum absolute atomic E-state index is 13.6. The van der Waals surface area contributed by atoms with Gasteiger partial charge in [-0.1, -0.05) is 49.4 Å². The molecular weight excluding hydrogens is 444 g/mol. The van der Waals surface area contributed by atoms with Crippen molar-refractivity contribution in [2.24, 2.45) is 0 Å². The Labute approximate surface area is 204 Å². The van der Waals surface area contributed by atoms with Crippen LogP contribution in [-0.4, -0.2) is 29.7 Å². The van der Waals surface area contributed by atoms with E-state index in [4.69, 9.17) is 9.47 Å². The minimum absolute atomic E-state index is 0.210. The number of rotatable bonds is 8. The van der Waals surface area contributed by atoms with Gasteiger partial charge in [-0.3, -0.25) is 19.3 Å². The molecule has 0 spiro atoms. The Bertz CT molecular complexity index is 1290. The summed E-state index contributed by atoms with van der Waals surface area (Å²) < 4.78 is 11.6. The molecule has 0 bridgehead atoms. The first kappa shape index (κ1) is 24.0. The lowest BCUT2D eigenvalue weighted by molar-refractivity contribution is -0.114. The van der Waals surface area contributed by atoms with Crippen molar-refractivity contribution in [1.82, 2.24) is 4.90 Å². The number of nitrogens with one attached hydrogen (secondary N) is 1. The van der Waals surface area contributed by atoms with E-state index in [1.54, 1.807) is 31.4 Å². The van der Waals surface area contributed by atoms with Gasteiger partial charge in [0.05, 0.1) is 29.5 Å². The largest absolute Gasteiger partial charge is 0.493 e. The van der Waals surface area contributed by atoms with E-state index in [1.165, 1.54) is 11.8 Å². The fourth-order valence-electron chi connectivity index (χ4n) is 4.38. The van der Waals surface area contributed by atoms with Crippen molar-refractivity contribution in [3.8, 4) is 11.5 Å². The average Bonchev–Trinajstić information content (AvgIpc) is 3.13. The van der Waals surface area contributed by atoms with Crippen molar-refractivity contribution in [2.45, 2.75) is 39.3 Å². The third kappa shape index (κ3) is 4.37. The Hall–Kier alpha value is -4.13. The topological polar surface area (TPSA) is 84.9 Å². The van der Waals surface area contributed by atoms with E-state index in [1.807, 2.05) is 56.3 Å². The van der Waals surface area contributed by atoms with Gasteiger partial charge < -0.3 is 14.8 Å². The molecule has 180 valence electrons. The number of anilines is 1. The first-order valence-corrected chi connectivity index (χ1v) is 11.4. The highest BCUT2D eigenvalue weighted by molar-refractivity contribution is 6.24. The molecule has 0 radical (unpaired) electrons. The molecule has 1 aliphatic rings. The lowest BCUT2D eigenvalue weighted by Gasteiger charge is -2.37. The lowest BCUT2D eigenvalue weighted by Crippen LogP contribution is -2.47. The Morgan fingerprint density at radius 2 is 1.71 bits per heavy atom. The van der Waals surface area contributed by atoms with Gasteiger partial charge in [0.25, 0.3) is 11.8 Å². The maximum Gasteiger partial charge on any atom is 0.264 e. The van der Waals surface area contributed by atoms with Gasteiger partial charge in [-0.05, 0) is 48.7 Å². The number of carbonyl (C=O) groups excluding carboxylic acids is 3. The predicted octanol–water partition coefficient (Wildman–Crippen LogP) is 5.15. The second kappa shape index (κ2) is 9.62. The van der Waals surface area contributed by atoms with Gasteiger partial charge in [-0.25, -0.2) is 0 Å². The molecule has 3 aromatic carbocycles. The zero-order valence-corrected chi connectivity index (χ0v) is 20.3. The minimum Gasteiger partial charge on any atom is -0.493 e. The molecule has 1 N–H and O–H groups in total. The van der Waals surface area contributed by atoms with Gasteiger partial charge in [0.1, 0.15) is 6.61 Å². The van der Waals surface area contributed by atoms with Crippen molar-refractivity contribution in [1.29, 1.82) is 0 Å². The molecule has 3 aromatic rings. The summed E-state index contributed by atoms with van der Waals surface area (Å²) in [7, 11) is 1.57. The van der Waals surface area contributed by atoms with E-state index in [0.717, 1.165) is 11.1 Å². The molecule has 1 heterocycles. The standard InChI is InChI=1S/C28H28N2O5/c1-5-28(3,30-26(32)21-12-9-13-22(29-18(2)31)25(21)27(30)33)20-14-15-23(34-4)24(16-20)35-17-19-10-7-6-8-11-19/h6-16H,5,17H2,1-4H3,(H,29,31). The van der Waals surface area contributed by atoms with Crippen LogP contribution in [0.15, 0.2) is 66.7 Å². The van der Waals surface area contributed by atoms with Crippen LogP contribution in [0.4, 0.5) is 5.69 Å². The third-order valence-corrected chi connectivity index (χ3v) is 6.43. The van der Waals surface area contributed by atoms with Crippen molar-refractivity contribution in [2.75, 3.05) is 12.4 Å². The molecule has 7 nitrogen and oxygen atoms in total. The summed E-state index contributed by atoms with van der Waals surface area (Å²) in [6, 6.07) is 20.1. The summed E-state index contributed by atoms with van der Waals surface area (Å²) in [6.45, 7) is 5.49. The Morgan fingerprint density at radius 3 is 2.37 bits per heavy atom. The van der Waals surface area contributed by atoms with Crippen molar-refractivity contribution in [3.63, 3.8) is 0 Å². The summed E-state index contributed by atoms with van der Waals surface area (Å²) in [5, 5.41) is 2.67. The Kier molecular flexibility index (Phi) is 6.60. The third-order valence-electron chi connectivity index (χ3n) is 6.43. The van der Waals surface area contributed by atoms with Crippen molar-refractivity contribution < 1.29 is 23.9 Å². The number of imide groups is 1. The zero-order chi connectivity index (χ0) is 25.2. The molecule has 0 saturated heterocycles. The highest BCUT2D eigenvalue weighted by atomic mass is 16.5. The molecule has 1 aliphatic heterocycles. The van der Waals surface area contributed by atoms with E-state index < -0.39 is 17.4 Å². The van der Waals surface area contributed by atoms with E-state index in [0.29, 0.717) is 30.2 Å². The fraction of sp³-hybridized carbons (Fsp3) is 0.250. The second-order valence-electron chi connectivity index (χ2n) is 8.62. The van der Waals surface area contributed by atoms with Gasteiger partial charge in [-0.2, -0.15) is 0 Å². The van der Waals surface area contributed by atoms with E-state index in [2.05, 4.69) is 5.32 Å². The molecule has 0 aromatic heterocycles. The van der Waals surface area contributed by atoms with Crippen LogP contribution in [-0.2, 0) is 16.9 Å². The quantitative estimate of drug-likeness (QED) is 0.458. The molecular formula is C28H28N2O5. The number of benzene rings is 3. The molecule has 35 heavy (non-hydrogen) atoms. The SMILES string of the molecule is CCC(C)(c1ccc(OC)c(OCc2ccccc2)c1)N1C(=O)c2cccc(NC(C)=O)c2C1=O. The molecule has 1 unspecified atom stereocenters. The first-order valence-electron chi connectivity index (χ1n) is 11.4. The smallest absolute Gasteiger partial charge is 0.264 e. The van der Waals surface area contributed by atoms with E-state index in [-0.39, 0.29) is 17.0 Å². The number of nitrogens with zero attached hydrogens (tertiary/aromatic N) is 1. The summed E-state index contributed by atoms with van der Waals surface area (Å²) in [6.07, 6.45) is 0.471. The van der Waals surface area contributed by atoms with Crippen LogP contribution in [0.25, 0.3) is 0 Å². The molecule has 1 atom stereocenters. The monoisotopic (exact) mass is 472 g/mol. The summed E-state index contributed by atoms with van der Waals surface area (Å²) in [5.41, 5.74) is 1.59. The maximum atomic E-state index is 13.6. The molecule has 7 heteroatoms. The second-order valence-corrected chi connectivity index (χ2v) is 8.62. The van der Waals surface area contributed by atoms with E-state index in [9.17, 15) is 14.4 Å². The number of hydrogen-bond donors (Lipinski definition) is 1. The molecule has 4 rings (SSSR count). The zero-order valence-electron chi connectivity index (χ0n) is 20.3. The van der Waals surface area contributed by atoms with Gasteiger partial charge in [-0.15, -0.1) is 0 Å². The van der Waals surface area contributed by atoms with E-state index >= 15 is 0 Å². The number of ether oxygens (including phenoxy) is 2. The van der Waals surface area contributed by atoms with Crippen LogP contribution in [0.1, 0.15) is 59.0 Å². The van der Waals surface area contributed by atoms with Crippen LogP contribution in [0.5, 0.6) is 11.5 Å². The number of fused-ring (bicyclic) bond motifs is 1. The highest BCUT2D eigenvalue weighted by Gasteiger charge is 2.47. The highest BCUT2D eigenvalue weighted by Crippen LogP contribution is 2.42. The minimum atomic E-state index is -0.961. The van der Waals surface area contributed by atoms with Crippen LogP contribution >= 0.6 is 0 Å². The number of amides is 3. The van der Waals surface area contributed by atoms with Crippen molar-refractivity contribution in [3.05, 3.63) is 89.0 Å². The van der Waals surface area contributed by atoms with Gasteiger partial charge >= 0.3 is 0 Å². The normalized spacial score (nSPS) is 14.3. The summed E-state index contributed by atoms with van der Waals surface area (Å²) in [4.78, 5) is 40.0. The molecule has 0 aliphatic carbocycles. The van der Waals surface area contributed by atoms with Crippen LogP contribution in [0, 0.1) is 0 Å². The van der Waals surface area contributed by atoms with Crippen LogP contribution in [0.3, 0.4) is 0 Å². The Morgan fingerprint density at radius 1 is 0.971 bits per heavy atom. The molecule has 0 fully saturated rings. The fourth-order valence-corrected chi connectivity index (χ4v) is 4.38. The summed E-state index contributed by atoms with van der Waals surface area (Å²) in [5.74, 6) is -0.0846. The van der Waals surface area contributed by atoms with Gasteiger partial charge in [0, 0.05) is 6.92 Å². The average molecular weight is 473 g/mol. The number of methoxy groups -OCH3 is 1. The molecule has 3 amide bonds. The first-order chi connectivity index (χ1) is 16.8. The van der Waals surface area contributed by atoms with Gasteiger partial charge in [0.15, 0.2) is 11.5 Å².